The van der Waals surface area contributed by atoms with Gasteiger partial charge in [-0.3, -0.25) is 9.59 Å². The van der Waals surface area contributed by atoms with Gasteiger partial charge in [0, 0.05) is 24.2 Å². The lowest BCUT2D eigenvalue weighted by molar-refractivity contribution is 0.0927. The molecule has 0 fully saturated rings. The minimum atomic E-state index is -0.481. The Balaban J connectivity index is 1.79. The second kappa shape index (κ2) is 7.94. The smallest absolute Gasteiger partial charge is 0.251 e. The quantitative estimate of drug-likeness (QED) is 0.809. The normalized spacial score (nSPS) is 10.2. The van der Waals surface area contributed by atoms with E-state index in [4.69, 9.17) is 23.2 Å². The summed E-state index contributed by atoms with van der Waals surface area (Å²) in [6.45, 7) is 0.433. The average Bonchev–Trinajstić information content (AvgIpc) is 2.53. The SMILES string of the molecule is O=C(NCCNC(=O)c1ccc(Cl)c(Cl)c1)c1cccc(F)c1. The number of amides is 2. The number of halogens is 3. The van der Waals surface area contributed by atoms with Gasteiger partial charge in [-0.2, -0.15) is 0 Å². The van der Waals surface area contributed by atoms with Crippen molar-refractivity contribution in [1.29, 1.82) is 0 Å². The number of carbonyl (C=O) groups is 2. The molecule has 2 amide bonds. The summed E-state index contributed by atoms with van der Waals surface area (Å²) in [7, 11) is 0. The molecule has 0 aliphatic carbocycles. The summed E-state index contributed by atoms with van der Waals surface area (Å²) < 4.78 is 13.0. The summed E-state index contributed by atoms with van der Waals surface area (Å²) in [5.74, 6) is -1.22. The molecular weight excluding hydrogens is 342 g/mol. The molecule has 2 aromatic rings. The van der Waals surface area contributed by atoms with E-state index in [-0.39, 0.29) is 24.6 Å². The average molecular weight is 355 g/mol. The highest BCUT2D eigenvalue weighted by Gasteiger charge is 2.08. The zero-order chi connectivity index (χ0) is 16.8. The van der Waals surface area contributed by atoms with E-state index in [0.717, 1.165) is 6.07 Å². The molecule has 0 aliphatic heterocycles. The Morgan fingerprint density at radius 1 is 0.870 bits per heavy atom. The number of rotatable bonds is 5. The van der Waals surface area contributed by atoms with Crippen LogP contribution < -0.4 is 10.6 Å². The fourth-order valence-corrected chi connectivity index (χ4v) is 2.12. The van der Waals surface area contributed by atoms with Crippen molar-refractivity contribution in [3.63, 3.8) is 0 Å². The molecule has 4 nitrogen and oxygen atoms in total. The number of nitrogens with one attached hydrogen (secondary N) is 2. The molecular formula is C16H13Cl2FN2O2. The fraction of sp³-hybridized carbons (Fsp3) is 0.125. The number of carbonyl (C=O) groups excluding carboxylic acids is 2. The van der Waals surface area contributed by atoms with Crippen molar-refractivity contribution >= 4 is 35.0 Å². The molecule has 23 heavy (non-hydrogen) atoms. The minimum absolute atomic E-state index is 0.211. The molecule has 2 aromatic carbocycles. The van der Waals surface area contributed by atoms with Gasteiger partial charge in [-0.25, -0.2) is 4.39 Å². The molecule has 0 atom stereocenters. The van der Waals surface area contributed by atoms with Crippen LogP contribution in [0.25, 0.3) is 0 Å². The first-order valence-corrected chi connectivity index (χ1v) is 7.50. The van der Waals surface area contributed by atoms with Crippen LogP contribution in [0, 0.1) is 5.82 Å². The summed E-state index contributed by atoms with van der Waals surface area (Å²) >= 11 is 11.6. The maximum Gasteiger partial charge on any atom is 0.251 e. The highest BCUT2D eigenvalue weighted by atomic mass is 35.5. The van der Waals surface area contributed by atoms with Crippen LogP contribution in [0.4, 0.5) is 4.39 Å². The van der Waals surface area contributed by atoms with E-state index in [9.17, 15) is 14.0 Å². The van der Waals surface area contributed by atoms with Gasteiger partial charge in [0.05, 0.1) is 10.0 Å². The maximum absolute atomic E-state index is 13.0. The van der Waals surface area contributed by atoms with Gasteiger partial charge in [-0.15, -0.1) is 0 Å². The van der Waals surface area contributed by atoms with Crippen molar-refractivity contribution in [2.75, 3.05) is 13.1 Å². The van der Waals surface area contributed by atoms with Crippen LogP contribution in [-0.2, 0) is 0 Å². The zero-order valence-corrected chi connectivity index (χ0v) is 13.4. The lowest BCUT2D eigenvalue weighted by Crippen LogP contribution is -2.34. The summed E-state index contributed by atoms with van der Waals surface area (Å²) in [4.78, 5) is 23.7. The summed E-state index contributed by atoms with van der Waals surface area (Å²) in [5.41, 5.74) is 0.594. The topological polar surface area (TPSA) is 58.2 Å². The Hall–Kier alpha value is -2.11. The Labute approximate surface area is 142 Å². The van der Waals surface area contributed by atoms with Crippen molar-refractivity contribution in [3.05, 3.63) is 69.5 Å². The van der Waals surface area contributed by atoms with Gasteiger partial charge in [0.25, 0.3) is 11.8 Å². The molecule has 0 radical (unpaired) electrons. The third-order valence-electron chi connectivity index (χ3n) is 2.96. The van der Waals surface area contributed by atoms with E-state index in [2.05, 4.69) is 10.6 Å². The van der Waals surface area contributed by atoms with E-state index in [0.29, 0.717) is 15.6 Å². The van der Waals surface area contributed by atoms with Crippen LogP contribution >= 0.6 is 23.2 Å². The van der Waals surface area contributed by atoms with Crippen LogP contribution in [0.2, 0.25) is 10.0 Å². The summed E-state index contributed by atoms with van der Waals surface area (Å²) in [6.07, 6.45) is 0. The standard InChI is InChI=1S/C16H13Cl2FN2O2/c17-13-5-4-11(9-14(13)18)16(23)21-7-6-20-15(22)10-2-1-3-12(19)8-10/h1-5,8-9H,6-7H2,(H,20,22)(H,21,23). The predicted octanol–water partition coefficient (Wildman–Crippen LogP) is 3.29. The summed E-state index contributed by atoms with van der Waals surface area (Å²) in [6, 6.07) is 9.91. The van der Waals surface area contributed by atoms with Crippen molar-refractivity contribution < 1.29 is 14.0 Å². The van der Waals surface area contributed by atoms with Crippen LogP contribution in [0.15, 0.2) is 42.5 Å². The second-order valence-corrected chi connectivity index (χ2v) is 5.47. The third-order valence-corrected chi connectivity index (χ3v) is 3.70. The van der Waals surface area contributed by atoms with Gasteiger partial charge >= 0.3 is 0 Å². The predicted molar refractivity (Wildman–Crippen MR) is 87.5 cm³/mol. The van der Waals surface area contributed by atoms with Crippen molar-refractivity contribution in [2.24, 2.45) is 0 Å². The Kier molecular flexibility index (Phi) is 5.96. The molecule has 120 valence electrons. The molecule has 0 spiro atoms. The third kappa shape index (κ3) is 4.94. The van der Waals surface area contributed by atoms with Gasteiger partial charge in [-0.1, -0.05) is 29.3 Å². The highest BCUT2D eigenvalue weighted by molar-refractivity contribution is 6.42. The molecule has 0 saturated heterocycles. The van der Waals surface area contributed by atoms with Crippen molar-refractivity contribution in [3.8, 4) is 0 Å². The highest BCUT2D eigenvalue weighted by Crippen LogP contribution is 2.22. The van der Waals surface area contributed by atoms with Crippen molar-refractivity contribution in [1.82, 2.24) is 10.6 Å². The fourth-order valence-electron chi connectivity index (χ4n) is 1.82. The van der Waals surface area contributed by atoms with Gasteiger partial charge < -0.3 is 10.6 Å². The number of hydrogen-bond donors (Lipinski definition) is 2. The van der Waals surface area contributed by atoms with E-state index in [1.165, 1.54) is 30.3 Å². The maximum atomic E-state index is 13.0. The van der Waals surface area contributed by atoms with Gasteiger partial charge in [-0.05, 0) is 36.4 Å². The van der Waals surface area contributed by atoms with Crippen LogP contribution in [0.3, 0.4) is 0 Å². The zero-order valence-electron chi connectivity index (χ0n) is 11.9. The Bertz CT molecular complexity index is 738. The van der Waals surface area contributed by atoms with Crippen LogP contribution in [0.1, 0.15) is 20.7 Å². The molecule has 0 bridgehead atoms. The van der Waals surface area contributed by atoms with Gasteiger partial charge in [0.2, 0.25) is 0 Å². The lowest BCUT2D eigenvalue weighted by Gasteiger charge is -2.08. The van der Waals surface area contributed by atoms with E-state index < -0.39 is 11.7 Å². The molecule has 2 N–H and O–H groups in total. The molecule has 0 heterocycles. The first kappa shape index (κ1) is 17.2. The first-order valence-electron chi connectivity index (χ1n) is 6.74. The van der Waals surface area contributed by atoms with Crippen LogP contribution in [-0.4, -0.2) is 24.9 Å². The molecule has 7 heteroatoms. The number of hydrogen-bond acceptors (Lipinski definition) is 2. The largest absolute Gasteiger partial charge is 0.350 e. The Morgan fingerprint density at radius 2 is 1.48 bits per heavy atom. The van der Waals surface area contributed by atoms with Gasteiger partial charge in [0.15, 0.2) is 0 Å². The van der Waals surface area contributed by atoms with Crippen molar-refractivity contribution in [2.45, 2.75) is 0 Å². The molecule has 0 saturated carbocycles. The van der Waals surface area contributed by atoms with E-state index in [1.807, 2.05) is 0 Å². The molecule has 0 unspecified atom stereocenters. The van der Waals surface area contributed by atoms with E-state index in [1.54, 1.807) is 6.07 Å². The molecule has 0 aromatic heterocycles. The van der Waals surface area contributed by atoms with Crippen LogP contribution in [0.5, 0.6) is 0 Å². The van der Waals surface area contributed by atoms with Gasteiger partial charge in [0.1, 0.15) is 5.82 Å². The first-order chi connectivity index (χ1) is 11.0. The minimum Gasteiger partial charge on any atom is -0.350 e. The monoisotopic (exact) mass is 354 g/mol. The molecule has 2 rings (SSSR count). The molecule has 0 aliphatic rings. The van der Waals surface area contributed by atoms with E-state index >= 15 is 0 Å². The Morgan fingerprint density at radius 3 is 2.04 bits per heavy atom. The lowest BCUT2D eigenvalue weighted by atomic mass is 10.2. The summed E-state index contributed by atoms with van der Waals surface area (Å²) in [5, 5.41) is 5.88. The number of benzene rings is 2. The second-order valence-electron chi connectivity index (χ2n) is 4.65.